The second-order valence-corrected chi connectivity index (χ2v) is 5.86. The van der Waals surface area contributed by atoms with Gasteiger partial charge in [-0.2, -0.15) is 0 Å². The highest BCUT2D eigenvalue weighted by atomic mass is 35.5. The minimum atomic E-state index is -0.0102. The topological polar surface area (TPSA) is 25.2 Å². The van der Waals surface area contributed by atoms with Gasteiger partial charge in [0.1, 0.15) is 0 Å². The minimum absolute atomic E-state index is 0.0102. The summed E-state index contributed by atoms with van der Waals surface area (Å²) in [6.45, 7) is 0.527. The summed E-state index contributed by atoms with van der Waals surface area (Å²) in [6.07, 6.45) is 3.95. The van der Waals surface area contributed by atoms with Crippen LogP contribution in [0.25, 0.3) is 5.69 Å². The summed E-state index contributed by atoms with van der Waals surface area (Å²) < 4.78 is 2.00. The van der Waals surface area contributed by atoms with Crippen LogP contribution in [0.15, 0.2) is 73.1 Å². The second-order valence-electron chi connectivity index (χ2n) is 5.43. The van der Waals surface area contributed by atoms with Crippen LogP contribution in [-0.4, -0.2) is 22.4 Å². The van der Waals surface area contributed by atoms with Gasteiger partial charge in [-0.3, -0.25) is 4.79 Å². The molecule has 23 heavy (non-hydrogen) atoms. The molecule has 116 valence electrons. The van der Waals surface area contributed by atoms with Crippen molar-refractivity contribution < 1.29 is 4.79 Å². The molecule has 0 unspecified atom stereocenters. The van der Waals surface area contributed by atoms with Crippen LogP contribution >= 0.6 is 11.6 Å². The van der Waals surface area contributed by atoms with Gasteiger partial charge in [-0.25, -0.2) is 0 Å². The van der Waals surface area contributed by atoms with Crippen LogP contribution in [-0.2, 0) is 6.54 Å². The number of benzene rings is 2. The molecule has 0 saturated heterocycles. The smallest absolute Gasteiger partial charge is 0.253 e. The van der Waals surface area contributed by atoms with Gasteiger partial charge in [0.15, 0.2) is 0 Å². The van der Waals surface area contributed by atoms with E-state index in [0.29, 0.717) is 17.1 Å². The lowest BCUT2D eigenvalue weighted by Crippen LogP contribution is -2.26. The predicted molar refractivity (Wildman–Crippen MR) is 93.0 cm³/mol. The first-order valence-electron chi connectivity index (χ1n) is 7.37. The third-order valence-corrected chi connectivity index (χ3v) is 3.91. The highest BCUT2D eigenvalue weighted by Crippen LogP contribution is 2.15. The summed E-state index contributed by atoms with van der Waals surface area (Å²) in [5, 5.41) is 0.680. The molecule has 0 bridgehead atoms. The molecule has 0 saturated carbocycles. The number of amides is 1. The van der Waals surface area contributed by atoms with Crippen LogP contribution in [0.4, 0.5) is 0 Å². The normalized spacial score (nSPS) is 10.5. The highest BCUT2D eigenvalue weighted by molar-refractivity contribution is 6.30. The van der Waals surface area contributed by atoms with Crippen molar-refractivity contribution in [3.05, 3.63) is 89.2 Å². The molecule has 1 amide bonds. The number of hydrogen-bond acceptors (Lipinski definition) is 1. The summed E-state index contributed by atoms with van der Waals surface area (Å²) in [4.78, 5) is 14.2. The first kappa shape index (κ1) is 15.4. The van der Waals surface area contributed by atoms with Gasteiger partial charge in [-0.1, -0.05) is 23.7 Å². The van der Waals surface area contributed by atoms with Crippen molar-refractivity contribution in [2.75, 3.05) is 7.05 Å². The van der Waals surface area contributed by atoms with Crippen molar-refractivity contribution in [2.24, 2.45) is 0 Å². The summed E-state index contributed by atoms with van der Waals surface area (Å²) in [6, 6.07) is 19.1. The molecule has 2 aromatic carbocycles. The zero-order chi connectivity index (χ0) is 16.2. The molecule has 3 aromatic rings. The Balaban J connectivity index is 1.72. The van der Waals surface area contributed by atoms with Crippen LogP contribution in [0, 0.1) is 0 Å². The van der Waals surface area contributed by atoms with E-state index < -0.39 is 0 Å². The van der Waals surface area contributed by atoms with Crippen molar-refractivity contribution >= 4 is 17.5 Å². The van der Waals surface area contributed by atoms with Gasteiger partial charge in [-0.15, -0.1) is 0 Å². The molecular weight excluding hydrogens is 308 g/mol. The molecule has 3 nitrogen and oxygen atoms in total. The maximum absolute atomic E-state index is 12.5. The fourth-order valence-corrected chi connectivity index (χ4v) is 2.70. The fraction of sp³-hybridized carbons (Fsp3) is 0.105. The van der Waals surface area contributed by atoms with Crippen LogP contribution in [0.3, 0.4) is 0 Å². The van der Waals surface area contributed by atoms with Gasteiger partial charge < -0.3 is 9.47 Å². The molecule has 1 heterocycles. The Labute approximate surface area is 140 Å². The van der Waals surface area contributed by atoms with E-state index in [-0.39, 0.29) is 5.91 Å². The Bertz CT molecular complexity index is 795. The Kier molecular flexibility index (Phi) is 4.49. The standard InChI is InChI=1S/C19H17ClN2O/c1-21(14-15-5-4-6-17(20)13-15)19(23)16-7-9-18(10-8-16)22-11-2-3-12-22/h2-13H,14H2,1H3. The van der Waals surface area contributed by atoms with Crippen molar-refractivity contribution in [1.29, 1.82) is 0 Å². The van der Waals surface area contributed by atoms with Crippen LogP contribution in [0.5, 0.6) is 0 Å². The Morgan fingerprint density at radius 1 is 1.04 bits per heavy atom. The molecule has 0 aliphatic rings. The third kappa shape index (κ3) is 3.63. The largest absolute Gasteiger partial charge is 0.337 e. The van der Waals surface area contributed by atoms with Gasteiger partial charge in [0.25, 0.3) is 5.91 Å². The first-order chi connectivity index (χ1) is 11.1. The number of rotatable bonds is 4. The monoisotopic (exact) mass is 324 g/mol. The predicted octanol–water partition coefficient (Wildman–Crippen LogP) is 4.40. The molecule has 0 N–H and O–H groups in total. The van der Waals surface area contributed by atoms with Crippen molar-refractivity contribution in [3.63, 3.8) is 0 Å². The third-order valence-electron chi connectivity index (χ3n) is 3.67. The summed E-state index contributed by atoms with van der Waals surface area (Å²) >= 11 is 5.99. The Morgan fingerprint density at radius 3 is 2.39 bits per heavy atom. The molecule has 4 heteroatoms. The number of aromatic nitrogens is 1. The quantitative estimate of drug-likeness (QED) is 0.698. The van der Waals surface area contributed by atoms with Crippen molar-refractivity contribution in [3.8, 4) is 5.69 Å². The average Bonchev–Trinajstić information content (AvgIpc) is 3.09. The Hall–Kier alpha value is -2.52. The van der Waals surface area contributed by atoms with E-state index in [0.717, 1.165) is 11.3 Å². The van der Waals surface area contributed by atoms with E-state index in [4.69, 9.17) is 11.6 Å². The average molecular weight is 325 g/mol. The number of hydrogen-bond donors (Lipinski definition) is 0. The molecule has 0 aliphatic heterocycles. The van der Waals surface area contributed by atoms with Gasteiger partial charge in [0.05, 0.1) is 0 Å². The maximum Gasteiger partial charge on any atom is 0.253 e. The summed E-state index contributed by atoms with van der Waals surface area (Å²) in [5.41, 5.74) is 2.71. The van der Waals surface area contributed by atoms with Gasteiger partial charge >= 0.3 is 0 Å². The lowest BCUT2D eigenvalue weighted by atomic mass is 10.1. The van der Waals surface area contributed by atoms with Crippen molar-refractivity contribution in [2.45, 2.75) is 6.54 Å². The van der Waals surface area contributed by atoms with Gasteiger partial charge in [-0.05, 0) is 54.1 Å². The van der Waals surface area contributed by atoms with Crippen molar-refractivity contribution in [1.82, 2.24) is 9.47 Å². The van der Waals surface area contributed by atoms with E-state index in [1.807, 2.05) is 77.6 Å². The lowest BCUT2D eigenvalue weighted by molar-refractivity contribution is 0.0785. The number of carbonyl (C=O) groups is 1. The molecule has 0 fully saturated rings. The zero-order valence-electron chi connectivity index (χ0n) is 12.8. The van der Waals surface area contributed by atoms with E-state index in [1.54, 1.807) is 11.9 Å². The molecular formula is C19H17ClN2O. The van der Waals surface area contributed by atoms with Crippen LogP contribution in [0.1, 0.15) is 15.9 Å². The Morgan fingerprint density at radius 2 is 1.74 bits per heavy atom. The molecule has 1 aromatic heterocycles. The zero-order valence-corrected chi connectivity index (χ0v) is 13.6. The summed E-state index contributed by atoms with van der Waals surface area (Å²) in [7, 11) is 1.79. The highest BCUT2D eigenvalue weighted by Gasteiger charge is 2.12. The van der Waals surface area contributed by atoms with Gasteiger partial charge in [0.2, 0.25) is 0 Å². The van der Waals surface area contributed by atoms with Gasteiger partial charge in [0, 0.05) is 42.3 Å². The van der Waals surface area contributed by atoms with Crippen LogP contribution < -0.4 is 0 Å². The van der Waals surface area contributed by atoms with E-state index in [2.05, 4.69) is 0 Å². The molecule has 0 radical (unpaired) electrons. The van der Waals surface area contributed by atoms with Crippen LogP contribution in [0.2, 0.25) is 5.02 Å². The molecule has 0 aliphatic carbocycles. The molecule has 3 rings (SSSR count). The molecule has 0 atom stereocenters. The second kappa shape index (κ2) is 6.71. The lowest BCUT2D eigenvalue weighted by Gasteiger charge is -2.17. The minimum Gasteiger partial charge on any atom is -0.337 e. The fourth-order valence-electron chi connectivity index (χ4n) is 2.48. The maximum atomic E-state index is 12.5. The van der Waals surface area contributed by atoms with E-state index >= 15 is 0 Å². The number of nitrogens with zero attached hydrogens (tertiary/aromatic N) is 2. The first-order valence-corrected chi connectivity index (χ1v) is 7.74. The molecule has 0 spiro atoms. The number of halogens is 1. The van der Waals surface area contributed by atoms with E-state index in [9.17, 15) is 4.79 Å². The SMILES string of the molecule is CN(Cc1cccc(Cl)c1)C(=O)c1ccc(-n2cccc2)cc1. The summed E-state index contributed by atoms with van der Waals surface area (Å²) in [5.74, 6) is -0.0102. The number of carbonyl (C=O) groups excluding carboxylic acids is 1. The van der Waals surface area contributed by atoms with E-state index in [1.165, 1.54) is 0 Å².